The van der Waals surface area contributed by atoms with Crippen molar-refractivity contribution >= 4 is 11.5 Å². The monoisotopic (exact) mass is 293 g/mol. The van der Waals surface area contributed by atoms with Crippen LogP contribution >= 0.6 is 0 Å². The van der Waals surface area contributed by atoms with Gasteiger partial charge in [-0.3, -0.25) is 4.79 Å². The van der Waals surface area contributed by atoms with Gasteiger partial charge in [-0.2, -0.15) is 0 Å². The number of hydrogen-bond donors (Lipinski definition) is 1. The smallest absolute Gasteiger partial charge is 0.141 e. The van der Waals surface area contributed by atoms with E-state index in [4.69, 9.17) is 4.74 Å². The van der Waals surface area contributed by atoms with Gasteiger partial charge >= 0.3 is 0 Å². The summed E-state index contributed by atoms with van der Waals surface area (Å²) >= 11 is 0. The van der Waals surface area contributed by atoms with E-state index in [2.05, 4.69) is 17.2 Å². The fourth-order valence-electron chi connectivity index (χ4n) is 2.07. The molecule has 0 aromatic heterocycles. The summed E-state index contributed by atoms with van der Waals surface area (Å²) in [6.07, 6.45) is 0.345. The number of benzene rings is 2. The molecule has 2 rings (SSSR count). The molecule has 0 heterocycles. The maximum absolute atomic E-state index is 11.5. The lowest BCUT2D eigenvalue weighted by molar-refractivity contribution is -0.117. The van der Waals surface area contributed by atoms with Crippen molar-refractivity contribution in [3.05, 3.63) is 60.2 Å². The van der Waals surface area contributed by atoms with Crippen LogP contribution in [0.3, 0.4) is 0 Å². The maximum atomic E-state index is 11.5. The number of para-hydroxylation sites is 2. The molecule has 0 saturated heterocycles. The lowest BCUT2D eigenvalue weighted by Crippen LogP contribution is -2.20. The van der Waals surface area contributed by atoms with E-state index in [1.165, 1.54) is 0 Å². The number of hydrogen-bond acceptors (Lipinski definition) is 3. The number of carbonyl (C=O) groups is 1. The van der Waals surface area contributed by atoms with Crippen LogP contribution in [0.4, 0.5) is 5.69 Å². The zero-order chi connectivity index (χ0) is 15.8. The molecular formula is C19H19NO2. The van der Waals surface area contributed by atoms with Crippen molar-refractivity contribution in [3.63, 3.8) is 0 Å². The molecule has 2 aromatic carbocycles. The molecule has 0 unspecified atom stereocenters. The van der Waals surface area contributed by atoms with Crippen molar-refractivity contribution in [2.24, 2.45) is 0 Å². The molecule has 0 aliphatic carbocycles. The number of methoxy groups -OCH3 is 1. The third kappa shape index (κ3) is 4.68. The number of carbonyl (C=O) groups excluding carboxylic acids is 1. The second-order valence-corrected chi connectivity index (χ2v) is 4.94. The Morgan fingerprint density at radius 2 is 1.82 bits per heavy atom. The van der Waals surface area contributed by atoms with Crippen molar-refractivity contribution in [1.29, 1.82) is 0 Å². The van der Waals surface area contributed by atoms with Gasteiger partial charge in [-0.05, 0) is 31.2 Å². The van der Waals surface area contributed by atoms with Crippen LogP contribution in [-0.4, -0.2) is 18.9 Å². The highest BCUT2D eigenvalue weighted by atomic mass is 16.5. The second kappa shape index (κ2) is 7.90. The van der Waals surface area contributed by atoms with Gasteiger partial charge in [-0.1, -0.05) is 42.2 Å². The van der Waals surface area contributed by atoms with Gasteiger partial charge in [-0.25, -0.2) is 0 Å². The molecular weight excluding hydrogens is 274 g/mol. The van der Waals surface area contributed by atoms with E-state index in [1.807, 2.05) is 54.6 Å². The average molecular weight is 293 g/mol. The number of ether oxygens (including phenoxy) is 1. The van der Waals surface area contributed by atoms with Crippen LogP contribution in [-0.2, 0) is 4.79 Å². The van der Waals surface area contributed by atoms with Gasteiger partial charge in [0.05, 0.1) is 18.8 Å². The second-order valence-electron chi connectivity index (χ2n) is 4.94. The van der Waals surface area contributed by atoms with E-state index < -0.39 is 0 Å². The standard InChI is InChI=1S/C19H19NO2/c1-15(21)14-17(13-12-16-8-4-3-5-9-16)20-18-10-6-7-11-19(18)22-2/h3-11,17,20H,14H2,1-2H3/t17-/m0/s1. The van der Waals surface area contributed by atoms with Crippen LogP contribution in [0.15, 0.2) is 54.6 Å². The third-order valence-electron chi connectivity index (χ3n) is 3.09. The first-order valence-corrected chi connectivity index (χ1v) is 7.14. The van der Waals surface area contributed by atoms with Crippen LogP contribution in [0.25, 0.3) is 0 Å². The molecule has 22 heavy (non-hydrogen) atoms. The fraction of sp³-hybridized carbons (Fsp3) is 0.211. The Morgan fingerprint density at radius 3 is 2.50 bits per heavy atom. The molecule has 0 spiro atoms. The molecule has 0 aliphatic heterocycles. The third-order valence-corrected chi connectivity index (χ3v) is 3.09. The lowest BCUT2D eigenvalue weighted by atomic mass is 10.1. The Balaban J connectivity index is 2.20. The minimum Gasteiger partial charge on any atom is -0.495 e. The van der Waals surface area contributed by atoms with Gasteiger partial charge in [0.1, 0.15) is 11.5 Å². The summed E-state index contributed by atoms with van der Waals surface area (Å²) in [6, 6.07) is 17.1. The molecule has 0 bridgehead atoms. The molecule has 2 aromatic rings. The maximum Gasteiger partial charge on any atom is 0.141 e. The highest BCUT2D eigenvalue weighted by Crippen LogP contribution is 2.24. The highest BCUT2D eigenvalue weighted by molar-refractivity contribution is 5.77. The van der Waals surface area contributed by atoms with Gasteiger partial charge in [0, 0.05) is 12.0 Å². The number of Topliss-reactive ketones (excluding diaryl/α,β-unsaturated/α-hetero) is 1. The first-order chi connectivity index (χ1) is 10.7. The summed E-state index contributed by atoms with van der Waals surface area (Å²) < 4.78 is 5.32. The van der Waals surface area contributed by atoms with Crippen molar-refractivity contribution in [2.45, 2.75) is 19.4 Å². The zero-order valence-electron chi connectivity index (χ0n) is 12.8. The van der Waals surface area contributed by atoms with Crippen LogP contribution in [0, 0.1) is 11.8 Å². The van der Waals surface area contributed by atoms with Crippen molar-refractivity contribution in [1.82, 2.24) is 0 Å². The first-order valence-electron chi connectivity index (χ1n) is 7.14. The Morgan fingerprint density at radius 1 is 1.14 bits per heavy atom. The normalized spacial score (nSPS) is 11.0. The summed E-state index contributed by atoms with van der Waals surface area (Å²) in [5.74, 6) is 7.06. The Labute approximate surface area is 131 Å². The van der Waals surface area contributed by atoms with E-state index in [0.717, 1.165) is 17.0 Å². The van der Waals surface area contributed by atoms with Crippen molar-refractivity contribution in [2.75, 3.05) is 12.4 Å². The zero-order valence-corrected chi connectivity index (χ0v) is 12.8. The molecule has 0 saturated carbocycles. The Hall–Kier alpha value is -2.73. The molecule has 1 atom stereocenters. The average Bonchev–Trinajstić information content (AvgIpc) is 2.53. The quantitative estimate of drug-likeness (QED) is 0.857. The number of rotatable bonds is 5. The molecule has 3 heteroatoms. The van der Waals surface area contributed by atoms with Crippen molar-refractivity contribution < 1.29 is 9.53 Å². The Bertz CT molecular complexity index is 683. The first kappa shape index (κ1) is 15.7. The minimum absolute atomic E-state index is 0.0924. The molecule has 0 aliphatic rings. The van der Waals surface area contributed by atoms with Crippen LogP contribution in [0.5, 0.6) is 5.75 Å². The molecule has 112 valence electrons. The number of anilines is 1. The Kier molecular flexibility index (Phi) is 5.62. The van der Waals surface area contributed by atoms with E-state index in [-0.39, 0.29) is 11.8 Å². The van der Waals surface area contributed by atoms with E-state index in [0.29, 0.717) is 6.42 Å². The lowest BCUT2D eigenvalue weighted by Gasteiger charge is -2.15. The summed E-state index contributed by atoms with van der Waals surface area (Å²) in [5.41, 5.74) is 1.76. The van der Waals surface area contributed by atoms with Crippen LogP contribution in [0.1, 0.15) is 18.9 Å². The summed E-state index contributed by atoms with van der Waals surface area (Å²) in [4.78, 5) is 11.5. The van der Waals surface area contributed by atoms with Gasteiger partial charge in [-0.15, -0.1) is 0 Å². The molecule has 0 radical (unpaired) electrons. The largest absolute Gasteiger partial charge is 0.495 e. The van der Waals surface area contributed by atoms with Gasteiger partial charge in [0.15, 0.2) is 0 Å². The predicted molar refractivity (Wildman–Crippen MR) is 89.0 cm³/mol. The summed E-state index contributed by atoms with van der Waals surface area (Å²) in [7, 11) is 1.62. The number of ketones is 1. The van der Waals surface area contributed by atoms with E-state index in [1.54, 1.807) is 14.0 Å². The molecule has 3 nitrogen and oxygen atoms in total. The summed E-state index contributed by atoms with van der Waals surface area (Å²) in [5, 5.41) is 3.28. The fourth-order valence-corrected chi connectivity index (χ4v) is 2.07. The molecule has 1 N–H and O–H groups in total. The van der Waals surface area contributed by atoms with E-state index >= 15 is 0 Å². The SMILES string of the molecule is COc1ccccc1N[C@@H](C#Cc1ccccc1)CC(C)=O. The van der Waals surface area contributed by atoms with E-state index in [9.17, 15) is 4.79 Å². The van der Waals surface area contributed by atoms with Crippen LogP contribution in [0.2, 0.25) is 0 Å². The molecule has 0 fully saturated rings. The van der Waals surface area contributed by atoms with Crippen LogP contribution < -0.4 is 10.1 Å². The highest BCUT2D eigenvalue weighted by Gasteiger charge is 2.10. The number of nitrogens with one attached hydrogen (secondary N) is 1. The minimum atomic E-state index is -0.256. The van der Waals surface area contributed by atoms with Gasteiger partial charge < -0.3 is 10.1 Å². The summed E-state index contributed by atoms with van der Waals surface area (Å²) in [6.45, 7) is 1.57. The van der Waals surface area contributed by atoms with Gasteiger partial charge in [0.25, 0.3) is 0 Å². The predicted octanol–water partition coefficient (Wildman–Crippen LogP) is 3.51. The van der Waals surface area contributed by atoms with Gasteiger partial charge in [0.2, 0.25) is 0 Å². The topological polar surface area (TPSA) is 38.3 Å². The van der Waals surface area contributed by atoms with Crippen molar-refractivity contribution in [3.8, 4) is 17.6 Å². The molecule has 0 amide bonds.